The quantitative estimate of drug-likeness (QED) is 0.924. The van der Waals surface area contributed by atoms with E-state index in [-0.39, 0.29) is 11.9 Å². The minimum absolute atomic E-state index is 0.0722. The number of nitrogens with one attached hydrogen (secondary N) is 1. The number of carbonyl (C=O) groups excluding carboxylic acids is 1. The fraction of sp³-hybridized carbons (Fsp3) is 0.400. The second kappa shape index (κ2) is 6.73. The van der Waals surface area contributed by atoms with Crippen LogP contribution < -0.4 is 5.32 Å². The molecule has 3 heterocycles. The van der Waals surface area contributed by atoms with E-state index >= 15 is 0 Å². The maximum atomic E-state index is 13.0. The molecule has 0 aliphatic carbocycles. The van der Waals surface area contributed by atoms with Crippen molar-refractivity contribution in [2.75, 3.05) is 6.54 Å². The molecule has 0 radical (unpaired) electrons. The van der Waals surface area contributed by atoms with Crippen LogP contribution in [0, 0.1) is 0 Å². The molecule has 4 rings (SSSR count). The molecule has 2 fully saturated rings. The summed E-state index contributed by atoms with van der Waals surface area (Å²) < 4.78 is 0. The highest BCUT2D eigenvalue weighted by Gasteiger charge is 2.41. The van der Waals surface area contributed by atoms with Gasteiger partial charge in [-0.25, -0.2) is 0 Å². The molecule has 24 heavy (non-hydrogen) atoms. The second-order valence-corrected chi connectivity index (χ2v) is 6.75. The molecule has 1 N–H and O–H groups in total. The topological polar surface area (TPSA) is 45.2 Å². The summed E-state index contributed by atoms with van der Waals surface area (Å²) in [6.07, 6.45) is 6.06. The van der Waals surface area contributed by atoms with E-state index in [9.17, 15) is 4.79 Å². The first kappa shape index (κ1) is 15.3. The van der Waals surface area contributed by atoms with Crippen LogP contribution >= 0.6 is 0 Å². The standard InChI is InChI=1S/C20H23N3O/c24-20(17-11-4-6-12-21-17)23-13-7-5-10-16-19(23)14-18(22-16)15-8-2-1-3-9-15/h1-4,6,8-9,11-12,16,18-19,22H,5,7,10,13-14H2/t16-,18-,19+/m0/s1. The summed E-state index contributed by atoms with van der Waals surface area (Å²) >= 11 is 0. The summed E-state index contributed by atoms with van der Waals surface area (Å²) in [5.74, 6) is 0.0722. The van der Waals surface area contributed by atoms with E-state index in [1.54, 1.807) is 6.20 Å². The summed E-state index contributed by atoms with van der Waals surface area (Å²) in [5, 5.41) is 3.77. The number of hydrogen-bond donors (Lipinski definition) is 1. The number of amides is 1. The summed E-state index contributed by atoms with van der Waals surface area (Å²) in [5.41, 5.74) is 1.87. The number of nitrogens with zero attached hydrogens (tertiary/aromatic N) is 2. The van der Waals surface area contributed by atoms with Crippen molar-refractivity contribution in [2.45, 2.75) is 43.8 Å². The third-order valence-corrected chi connectivity index (χ3v) is 5.27. The number of pyridine rings is 1. The highest BCUT2D eigenvalue weighted by Crippen LogP contribution is 2.34. The van der Waals surface area contributed by atoms with Crippen LogP contribution in [-0.2, 0) is 0 Å². The van der Waals surface area contributed by atoms with Gasteiger partial charge in [-0.15, -0.1) is 0 Å². The highest BCUT2D eigenvalue weighted by molar-refractivity contribution is 5.92. The monoisotopic (exact) mass is 321 g/mol. The Labute approximate surface area is 142 Å². The molecule has 124 valence electrons. The zero-order chi connectivity index (χ0) is 16.4. The zero-order valence-electron chi connectivity index (χ0n) is 13.8. The Balaban J connectivity index is 1.58. The minimum atomic E-state index is 0.0722. The van der Waals surface area contributed by atoms with E-state index in [0.29, 0.717) is 17.8 Å². The average Bonchev–Trinajstić information content (AvgIpc) is 2.97. The van der Waals surface area contributed by atoms with Gasteiger partial charge in [-0.2, -0.15) is 0 Å². The Kier molecular flexibility index (Phi) is 4.30. The van der Waals surface area contributed by atoms with Crippen LogP contribution in [0.1, 0.15) is 47.8 Å². The number of benzene rings is 1. The molecule has 0 bridgehead atoms. The van der Waals surface area contributed by atoms with Crippen LogP contribution in [0.25, 0.3) is 0 Å². The number of hydrogen-bond acceptors (Lipinski definition) is 3. The molecular weight excluding hydrogens is 298 g/mol. The molecule has 2 saturated heterocycles. The Morgan fingerprint density at radius 3 is 2.71 bits per heavy atom. The summed E-state index contributed by atoms with van der Waals surface area (Å²) in [6.45, 7) is 0.833. The predicted molar refractivity (Wildman–Crippen MR) is 93.6 cm³/mol. The van der Waals surface area contributed by atoms with Crippen molar-refractivity contribution in [3.8, 4) is 0 Å². The fourth-order valence-corrected chi connectivity index (χ4v) is 4.08. The molecule has 4 nitrogen and oxygen atoms in total. The van der Waals surface area contributed by atoms with E-state index in [1.165, 1.54) is 12.0 Å². The molecule has 0 spiro atoms. The van der Waals surface area contributed by atoms with Gasteiger partial charge < -0.3 is 10.2 Å². The van der Waals surface area contributed by atoms with Crippen molar-refractivity contribution in [1.82, 2.24) is 15.2 Å². The largest absolute Gasteiger partial charge is 0.333 e. The van der Waals surface area contributed by atoms with Crippen LogP contribution in [0.2, 0.25) is 0 Å². The van der Waals surface area contributed by atoms with Crippen molar-refractivity contribution in [3.63, 3.8) is 0 Å². The Hall–Kier alpha value is -2.20. The van der Waals surface area contributed by atoms with Gasteiger partial charge in [0.1, 0.15) is 5.69 Å². The second-order valence-electron chi connectivity index (χ2n) is 6.75. The molecule has 2 aliphatic heterocycles. The van der Waals surface area contributed by atoms with Crippen molar-refractivity contribution in [3.05, 3.63) is 66.0 Å². The summed E-state index contributed by atoms with van der Waals surface area (Å²) in [7, 11) is 0. The van der Waals surface area contributed by atoms with Crippen LogP contribution in [-0.4, -0.2) is 34.4 Å². The maximum Gasteiger partial charge on any atom is 0.272 e. The summed E-state index contributed by atoms with van der Waals surface area (Å²) in [6, 6.07) is 17.1. The number of rotatable bonds is 2. The number of fused-ring (bicyclic) bond motifs is 1. The normalized spacial score (nSPS) is 26.7. The van der Waals surface area contributed by atoms with Gasteiger partial charge in [0.2, 0.25) is 0 Å². The van der Waals surface area contributed by atoms with E-state index in [1.807, 2.05) is 24.3 Å². The molecule has 4 heteroatoms. The summed E-state index contributed by atoms with van der Waals surface area (Å²) in [4.78, 5) is 19.3. The third-order valence-electron chi connectivity index (χ3n) is 5.27. The van der Waals surface area contributed by atoms with E-state index in [0.717, 1.165) is 25.8 Å². The first-order valence-electron chi connectivity index (χ1n) is 8.86. The van der Waals surface area contributed by atoms with Gasteiger partial charge in [0, 0.05) is 30.9 Å². The van der Waals surface area contributed by atoms with E-state index < -0.39 is 0 Å². The van der Waals surface area contributed by atoms with Crippen LogP contribution in [0.5, 0.6) is 0 Å². The molecule has 2 aliphatic rings. The highest BCUT2D eigenvalue weighted by atomic mass is 16.2. The van der Waals surface area contributed by atoms with Gasteiger partial charge in [0.25, 0.3) is 5.91 Å². The van der Waals surface area contributed by atoms with Crippen LogP contribution in [0.15, 0.2) is 54.7 Å². The molecule has 3 atom stereocenters. The molecule has 2 aromatic rings. The molecule has 0 unspecified atom stereocenters. The molecule has 0 saturated carbocycles. The van der Waals surface area contributed by atoms with E-state index in [2.05, 4.69) is 39.5 Å². The van der Waals surface area contributed by atoms with Gasteiger partial charge >= 0.3 is 0 Å². The number of aromatic nitrogens is 1. The Morgan fingerprint density at radius 2 is 1.92 bits per heavy atom. The number of likely N-dealkylation sites (tertiary alicyclic amines) is 1. The van der Waals surface area contributed by atoms with Crippen molar-refractivity contribution < 1.29 is 4.79 Å². The Morgan fingerprint density at radius 1 is 1.08 bits per heavy atom. The minimum Gasteiger partial charge on any atom is -0.333 e. The van der Waals surface area contributed by atoms with Gasteiger partial charge in [-0.05, 0) is 37.0 Å². The number of carbonyl (C=O) groups is 1. The fourth-order valence-electron chi connectivity index (χ4n) is 4.08. The van der Waals surface area contributed by atoms with Crippen molar-refractivity contribution >= 4 is 5.91 Å². The van der Waals surface area contributed by atoms with Gasteiger partial charge in [0.15, 0.2) is 0 Å². The van der Waals surface area contributed by atoms with Gasteiger partial charge in [-0.1, -0.05) is 42.8 Å². The van der Waals surface area contributed by atoms with E-state index in [4.69, 9.17) is 0 Å². The molecule has 1 aromatic carbocycles. The molecule has 1 aromatic heterocycles. The zero-order valence-corrected chi connectivity index (χ0v) is 13.8. The first-order chi connectivity index (χ1) is 11.8. The van der Waals surface area contributed by atoms with Gasteiger partial charge in [-0.3, -0.25) is 9.78 Å². The lowest BCUT2D eigenvalue weighted by atomic mass is 10.0. The smallest absolute Gasteiger partial charge is 0.272 e. The SMILES string of the molecule is O=C(c1ccccn1)N1CCCC[C@@H]2N[C@H](c3ccccc3)C[C@H]21. The van der Waals surface area contributed by atoms with Crippen molar-refractivity contribution in [2.24, 2.45) is 0 Å². The maximum absolute atomic E-state index is 13.0. The lowest BCUT2D eigenvalue weighted by Gasteiger charge is -2.30. The van der Waals surface area contributed by atoms with Crippen LogP contribution in [0.3, 0.4) is 0 Å². The lowest BCUT2D eigenvalue weighted by Crippen LogP contribution is -2.46. The molecule has 1 amide bonds. The average molecular weight is 321 g/mol. The third kappa shape index (κ3) is 2.94. The van der Waals surface area contributed by atoms with Gasteiger partial charge in [0.05, 0.1) is 0 Å². The molecular formula is C20H23N3O. The lowest BCUT2D eigenvalue weighted by molar-refractivity contribution is 0.0671. The predicted octanol–water partition coefficient (Wildman–Crippen LogP) is 3.18. The van der Waals surface area contributed by atoms with Crippen molar-refractivity contribution in [1.29, 1.82) is 0 Å². The van der Waals surface area contributed by atoms with Crippen LogP contribution in [0.4, 0.5) is 0 Å². The first-order valence-corrected chi connectivity index (χ1v) is 8.86. The Bertz CT molecular complexity index is 689.